The molecule has 0 atom stereocenters. The van der Waals surface area contributed by atoms with Gasteiger partial charge in [0.15, 0.2) is 0 Å². The zero-order valence-electron chi connectivity index (χ0n) is 10.9. The quantitative estimate of drug-likeness (QED) is 0.503. The Hall–Kier alpha value is -1.82. The molecule has 130 valence electrons. The van der Waals surface area contributed by atoms with E-state index in [0.717, 1.165) is 0 Å². The van der Waals surface area contributed by atoms with Crippen molar-refractivity contribution in [3.05, 3.63) is 35.9 Å². The summed E-state index contributed by atoms with van der Waals surface area (Å²) in [6.45, 7) is -1.05. The molecule has 23 heavy (non-hydrogen) atoms. The standard InChI is InChI=1S/C11H8F6O5S/c12-10(13,14)9(11(15,16)17,23(19,20)21)8(18)22-6-7-4-2-1-3-5-7/h1-5H,6H2,(H,19,20,21). The summed E-state index contributed by atoms with van der Waals surface area (Å²) in [5.74, 6) is -3.19. The molecule has 0 aliphatic rings. The Labute approximate surface area is 125 Å². The van der Waals surface area contributed by atoms with Crippen molar-refractivity contribution in [2.45, 2.75) is 23.7 Å². The van der Waals surface area contributed by atoms with Gasteiger partial charge < -0.3 is 4.74 Å². The lowest BCUT2D eigenvalue weighted by molar-refractivity contribution is -0.269. The molecule has 0 radical (unpaired) electrons. The van der Waals surface area contributed by atoms with E-state index in [1.807, 2.05) is 0 Å². The normalized spacial score (nSPS) is 13.7. The van der Waals surface area contributed by atoms with Crippen molar-refractivity contribution < 1.29 is 48.8 Å². The van der Waals surface area contributed by atoms with E-state index in [1.165, 1.54) is 30.3 Å². The highest BCUT2D eigenvalue weighted by molar-refractivity contribution is 7.88. The third kappa shape index (κ3) is 3.42. The molecule has 0 saturated carbocycles. The molecule has 0 saturated heterocycles. The number of benzene rings is 1. The minimum absolute atomic E-state index is 0.00874. The number of carbonyl (C=O) groups is 1. The molecule has 0 aliphatic carbocycles. The average molecular weight is 366 g/mol. The molecule has 1 aromatic rings. The second-order valence-corrected chi connectivity index (χ2v) is 5.78. The molecule has 1 aromatic carbocycles. The van der Waals surface area contributed by atoms with Crippen LogP contribution in [0.15, 0.2) is 30.3 Å². The predicted molar refractivity (Wildman–Crippen MR) is 62.6 cm³/mol. The van der Waals surface area contributed by atoms with Gasteiger partial charge in [-0.2, -0.15) is 34.8 Å². The number of alkyl halides is 6. The summed E-state index contributed by atoms with van der Waals surface area (Å²) >= 11 is 0. The molecule has 0 heterocycles. The third-order valence-corrected chi connectivity index (χ3v) is 4.09. The van der Waals surface area contributed by atoms with Crippen LogP contribution in [0.5, 0.6) is 0 Å². The molecule has 0 aromatic heterocycles. The molecule has 5 nitrogen and oxygen atoms in total. The minimum atomic E-state index is -6.97. The van der Waals surface area contributed by atoms with Crippen molar-refractivity contribution in [3.63, 3.8) is 0 Å². The molecule has 1 rings (SSSR count). The van der Waals surface area contributed by atoms with E-state index in [4.69, 9.17) is 4.55 Å². The summed E-state index contributed by atoms with van der Waals surface area (Å²) in [7, 11) is -6.97. The minimum Gasteiger partial charge on any atom is -0.459 e. The van der Waals surface area contributed by atoms with Crippen LogP contribution in [0.4, 0.5) is 26.3 Å². The Balaban J connectivity index is 3.33. The Morgan fingerprint density at radius 2 is 1.43 bits per heavy atom. The van der Waals surface area contributed by atoms with Crippen molar-refractivity contribution in [2.24, 2.45) is 0 Å². The Bertz CT molecular complexity index is 650. The number of halogens is 6. The van der Waals surface area contributed by atoms with Gasteiger partial charge in [0.1, 0.15) is 6.61 Å². The second-order valence-electron chi connectivity index (χ2n) is 4.21. The van der Waals surface area contributed by atoms with Gasteiger partial charge in [-0.1, -0.05) is 30.3 Å². The SMILES string of the molecule is O=C(OCc1ccccc1)C(C(F)(F)F)(C(F)(F)F)S(=O)(=O)O. The number of ether oxygens (including phenoxy) is 1. The predicted octanol–water partition coefficient (Wildman–Crippen LogP) is 2.48. The van der Waals surface area contributed by atoms with Crippen LogP contribution in [-0.2, 0) is 26.3 Å². The van der Waals surface area contributed by atoms with Crippen LogP contribution < -0.4 is 0 Å². The smallest absolute Gasteiger partial charge is 0.430 e. The van der Waals surface area contributed by atoms with Crippen molar-refractivity contribution >= 4 is 16.1 Å². The lowest BCUT2D eigenvalue weighted by Crippen LogP contribution is -2.67. The Morgan fingerprint density at radius 3 is 1.78 bits per heavy atom. The fraction of sp³-hybridized carbons (Fsp3) is 0.364. The van der Waals surface area contributed by atoms with E-state index < -0.39 is 39.8 Å². The summed E-state index contributed by atoms with van der Waals surface area (Å²) < 4.78 is 105. The van der Waals surface area contributed by atoms with Gasteiger partial charge in [0.25, 0.3) is 0 Å². The third-order valence-electron chi connectivity index (χ3n) is 2.69. The highest BCUT2D eigenvalue weighted by Crippen LogP contribution is 2.49. The van der Waals surface area contributed by atoms with Crippen LogP contribution in [-0.4, -0.2) is 36.0 Å². The first-order valence-electron chi connectivity index (χ1n) is 5.57. The summed E-state index contributed by atoms with van der Waals surface area (Å²) in [4.78, 5) is 11.4. The lowest BCUT2D eigenvalue weighted by Gasteiger charge is -2.31. The summed E-state index contributed by atoms with van der Waals surface area (Å²) in [5, 5.41) is 0. The van der Waals surface area contributed by atoms with Crippen LogP contribution >= 0.6 is 0 Å². The fourth-order valence-corrected chi connectivity index (χ4v) is 2.47. The van der Waals surface area contributed by atoms with E-state index in [9.17, 15) is 39.6 Å². The monoisotopic (exact) mass is 366 g/mol. The first-order valence-corrected chi connectivity index (χ1v) is 7.01. The molecule has 0 amide bonds. The van der Waals surface area contributed by atoms with Crippen LogP contribution in [0.3, 0.4) is 0 Å². The van der Waals surface area contributed by atoms with Gasteiger partial charge in [0.05, 0.1) is 0 Å². The average Bonchev–Trinajstić information content (AvgIpc) is 2.32. The molecule has 0 spiro atoms. The van der Waals surface area contributed by atoms with Crippen LogP contribution in [0.25, 0.3) is 0 Å². The Morgan fingerprint density at radius 1 is 1.00 bits per heavy atom. The number of hydrogen-bond acceptors (Lipinski definition) is 4. The molecule has 0 unspecified atom stereocenters. The highest BCUT2D eigenvalue weighted by Gasteiger charge is 2.84. The first kappa shape index (κ1) is 19.2. The fourth-order valence-electron chi connectivity index (χ4n) is 1.61. The second kappa shape index (κ2) is 6.00. The summed E-state index contributed by atoms with van der Waals surface area (Å²) in [6, 6.07) is 6.60. The molecular weight excluding hydrogens is 358 g/mol. The van der Waals surface area contributed by atoms with Gasteiger partial charge in [-0.15, -0.1) is 0 Å². The topological polar surface area (TPSA) is 80.7 Å². The van der Waals surface area contributed by atoms with Crippen molar-refractivity contribution in [3.8, 4) is 0 Å². The summed E-state index contributed by atoms with van der Waals surface area (Å²) in [6.07, 6.45) is -13.4. The van der Waals surface area contributed by atoms with Crippen LogP contribution in [0.1, 0.15) is 5.56 Å². The maximum Gasteiger partial charge on any atom is 0.430 e. The number of carbonyl (C=O) groups excluding carboxylic acids is 1. The van der Waals surface area contributed by atoms with Crippen LogP contribution in [0, 0.1) is 0 Å². The molecule has 0 bridgehead atoms. The van der Waals surface area contributed by atoms with Gasteiger partial charge in [-0.25, -0.2) is 4.79 Å². The van der Waals surface area contributed by atoms with E-state index in [1.54, 1.807) is 0 Å². The Kier molecular flexibility index (Phi) is 5.01. The van der Waals surface area contributed by atoms with Gasteiger partial charge >= 0.3 is 33.2 Å². The maximum absolute atomic E-state index is 12.8. The van der Waals surface area contributed by atoms with E-state index in [2.05, 4.69) is 4.74 Å². The van der Waals surface area contributed by atoms with Crippen LogP contribution in [0.2, 0.25) is 0 Å². The van der Waals surface area contributed by atoms with Gasteiger partial charge in [0.2, 0.25) is 0 Å². The number of rotatable bonds is 4. The summed E-state index contributed by atoms with van der Waals surface area (Å²) in [5.41, 5.74) is 0.00874. The number of esters is 1. The molecule has 0 fully saturated rings. The van der Waals surface area contributed by atoms with E-state index >= 15 is 0 Å². The zero-order valence-corrected chi connectivity index (χ0v) is 11.7. The highest BCUT2D eigenvalue weighted by atomic mass is 32.2. The van der Waals surface area contributed by atoms with Crippen molar-refractivity contribution in [1.29, 1.82) is 0 Å². The van der Waals surface area contributed by atoms with Gasteiger partial charge in [0, 0.05) is 0 Å². The lowest BCUT2D eigenvalue weighted by atomic mass is 10.1. The molecule has 12 heteroatoms. The van der Waals surface area contributed by atoms with Gasteiger partial charge in [-0.3, -0.25) is 4.55 Å². The maximum atomic E-state index is 12.8. The first-order chi connectivity index (χ1) is 10.2. The molecule has 0 aliphatic heterocycles. The molecular formula is C11H8F6O5S. The van der Waals surface area contributed by atoms with Gasteiger partial charge in [-0.05, 0) is 5.56 Å². The van der Waals surface area contributed by atoms with Crippen molar-refractivity contribution in [2.75, 3.05) is 0 Å². The molecule has 1 N–H and O–H groups in total. The largest absolute Gasteiger partial charge is 0.459 e. The van der Waals surface area contributed by atoms with E-state index in [0.29, 0.717) is 0 Å². The van der Waals surface area contributed by atoms with E-state index in [-0.39, 0.29) is 5.56 Å². The number of hydrogen-bond donors (Lipinski definition) is 1. The van der Waals surface area contributed by atoms with Crippen molar-refractivity contribution in [1.82, 2.24) is 0 Å². The zero-order chi connectivity index (χ0) is 18.1.